The van der Waals surface area contributed by atoms with Gasteiger partial charge < -0.3 is 9.47 Å². The maximum Gasteiger partial charge on any atom is 0.0544 e. The van der Waals surface area contributed by atoms with Crippen molar-refractivity contribution in [3.05, 3.63) is 180 Å². The molecule has 3 atom stereocenters. The summed E-state index contributed by atoms with van der Waals surface area (Å²) in [7, 11) is 0. The van der Waals surface area contributed by atoms with E-state index in [0.29, 0.717) is 5.41 Å². The van der Waals surface area contributed by atoms with Crippen LogP contribution in [0, 0.1) is 29.6 Å². The van der Waals surface area contributed by atoms with E-state index in [2.05, 4.69) is 181 Å². The molecule has 1 aromatic heterocycles. The Morgan fingerprint density at radius 2 is 1.12 bits per heavy atom. The fourth-order valence-electron chi connectivity index (χ4n) is 15.4. The van der Waals surface area contributed by atoms with Crippen molar-refractivity contribution in [1.82, 2.24) is 4.57 Å². The number of fused-ring (bicyclic) bond motifs is 8. The molecule has 6 bridgehead atoms. The zero-order valence-electron chi connectivity index (χ0n) is 37.4. The standard InChI is InChI=1S/C62H58N2/c1-61(2)57-33-51(24-25-52(57)54-34-56-55-32-45(43-9-5-3-6-10-43)17-26-59(55)64(60(56)35-58(54)61)48-11-7-4-8-12-48)63(49-20-15-44(16-21-49)53-31-39-13-14-46(53)30-39)50-22-18-47(19-23-50)62-36-40-27-41(37-62)29-42(28-40)38-62/h3-12,15-26,32-35,39-42,46,53H,13-14,27-31,36-38H2,1-2H3. The zero-order chi connectivity index (χ0) is 42.3. The Bertz CT molecular complexity index is 3080. The molecule has 2 nitrogen and oxygen atoms in total. The smallest absolute Gasteiger partial charge is 0.0544 e. The number of para-hydroxylation sites is 1. The van der Waals surface area contributed by atoms with E-state index < -0.39 is 0 Å². The van der Waals surface area contributed by atoms with Gasteiger partial charge in [-0.05, 0) is 216 Å². The first kappa shape index (κ1) is 37.5. The summed E-state index contributed by atoms with van der Waals surface area (Å²) in [5.41, 5.74) is 18.8. The molecule has 7 aliphatic carbocycles. The second-order valence-corrected chi connectivity index (χ2v) is 22.0. The molecule has 15 rings (SSSR count). The van der Waals surface area contributed by atoms with Crippen LogP contribution in [0.3, 0.4) is 0 Å². The van der Waals surface area contributed by atoms with Crippen molar-refractivity contribution in [3.63, 3.8) is 0 Å². The highest BCUT2D eigenvalue weighted by molar-refractivity contribution is 6.12. The zero-order valence-corrected chi connectivity index (χ0v) is 37.4. The highest BCUT2D eigenvalue weighted by Gasteiger charge is 2.51. The molecule has 6 fully saturated rings. The van der Waals surface area contributed by atoms with E-state index in [1.54, 1.807) is 11.1 Å². The van der Waals surface area contributed by atoms with E-state index in [1.807, 2.05) is 0 Å². The highest BCUT2D eigenvalue weighted by atomic mass is 15.1. The third-order valence-electron chi connectivity index (χ3n) is 18.0. The maximum absolute atomic E-state index is 2.56. The molecular formula is C62H58N2. The number of anilines is 3. The van der Waals surface area contributed by atoms with Gasteiger partial charge >= 0.3 is 0 Å². The number of hydrogen-bond donors (Lipinski definition) is 0. The summed E-state index contributed by atoms with van der Waals surface area (Å²) in [5.74, 6) is 5.39. The van der Waals surface area contributed by atoms with Gasteiger partial charge in [0.05, 0.1) is 11.0 Å². The van der Waals surface area contributed by atoms with Gasteiger partial charge in [0.25, 0.3) is 0 Å². The Morgan fingerprint density at radius 3 is 1.80 bits per heavy atom. The van der Waals surface area contributed by atoms with E-state index in [4.69, 9.17) is 0 Å². The fraction of sp³-hybridized carbons (Fsp3) is 0.323. The summed E-state index contributed by atoms with van der Waals surface area (Å²) in [6, 6.07) is 61.1. The van der Waals surface area contributed by atoms with Crippen molar-refractivity contribution in [3.8, 4) is 27.9 Å². The highest BCUT2D eigenvalue weighted by Crippen LogP contribution is 2.61. The molecule has 0 spiro atoms. The fourth-order valence-corrected chi connectivity index (χ4v) is 15.4. The topological polar surface area (TPSA) is 8.17 Å². The van der Waals surface area contributed by atoms with Crippen molar-refractivity contribution < 1.29 is 0 Å². The average molecular weight is 831 g/mol. The minimum absolute atomic E-state index is 0.193. The normalized spacial score (nSPS) is 26.8. The SMILES string of the molecule is CC1(C)c2cc(N(c3ccc(C4CC5CCC4C5)cc3)c3ccc(C45CC6CC(CC(C6)C4)C5)cc3)ccc2-c2cc3c4cc(-c5ccccc5)ccc4n(-c4ccccc4)c3cc21. The second-order valence-electron chi connectivity index (χ2n) is 22.0. The van der Waals surface area contributed by atoms with Crippen LogP contribution in [0.5, 0.6) is 0 Å². The van der Waals surface area contributed by atoms with Gasteiger partial charge in [0.15, 0.2) is 0 Å². The molecule has 0 aliphatic heterocycles. The number of hydrogen-bond acceptors (Lipinski definition) is 1. The first-order chi connectivity index (χ1) is 31.3. The third-order valence-corrected chi connectivity index (χ3v) is 18.0. The van der Waals surface area contributed by atoms with Crippen LogP contribution in [0.4, 0.5) is 17.1 Å². The molecule has 0 saturated heterocycles. The predicted molar refractivity (Wildman–Crippen MR) is 267 cm³/mol. The number of aromatic nitrogens is 1. The van der Waals surface area contributed by atoms with Crippen molar-refractivity contribution in [2.75, 3.05) is 4.90 Å². The van der Waals surface area contributed by atoms with Gasteiger partial charge in [-0.3, -0.25) is 0 Å². The quantitative estimate of drug-likeness (QED) is 0.155. The Kier molecular flexibility index (Phi) is 8.10. The summed E-state index contributed by atoms with van der Waals surface area (Å²) < 4.78 is 2.49. The van der Waals surface area contributed by atoms with Crippen molar-refractivity contribution >= 4 is 38.9 Å². The maximum atomic E-state index is 2.56. The summed E-state index contributed by atoms with van der Waals surface area (Å²) in [4.78, 5) is 2.56. The minimum atomic E-state index is -0.193. The molecule has 6 saturated carbocycles. The van der Waals surface area contributed by atoms with Crippen LogP contribution in [0.15, 0.2) is 158 Å². The Labute approximate surface area is 379 Å². The number of rotatable bonds is 7. The largest absolute Gasteiger partial charge is 0.310 e. The Hall–Kier alpha value is -5.86. The van der Waals surface area contributed by atoms with Crippen LogP contribution in [0.2, 0.25) is 0 Å². The molecule has 7 aliphatic rings. The lowest BCUT2D eigenvalue weighted by Gasteiger charge is -2.57. The lowest BCUT2D eigenvalue weighted by atomic mass is 9.48. The molecule has 64 heavy (non-hydrogen) atoms. The van der Waals surface area contributed by atoms with Crippen molar-refractivity contribution in [2.45, 2.75) is 94.8 Å². The van der Waals surface area contributed by atoms with Crippen molar-refractivity contribution in [1.29, 1.82) is 0 Å². The molecular weight excluding hydrogens is 773 g/mol. The van der Waals surface area contributed by atoms with Gasteiger partial charge in [-0.15, -0.1) is 0 Å². The lowest BCUT2D eigenvalue weighted by molar-refractivity contribution is -0.00518. The lowest BCUT2D eigenvalue weighted by Crippen LogP contribution is -2.48. The molecule has 316 valence electrons. The summed E-state index contributed by atoms with van der Waals surface area (Å²) in [6.07, 6.45) is 14.3. The van der Waals surface area contributed by atoms with Crippen LogP contribution < -0.4 is 4.90 Å². The van der Waals surface area contributed by atoms with Crippen LogP contribution in [0.25, 0.3) is 49.7 Å². The summed E-state index contributed by atoms with van der Waals surface area (Å²) in [6.45, 7) is 4.90. The van der Waals surface area contributed by atoms with Gasteiger partial charge in [-0.1, -0.05) is 105 Å². The van der Waals surface area contributed by atoms with Gasteiger partial charge in [-0.2, -0.15) is 0 Å². The number of nitrogens with zero attached hydrogens (tertiary/aromatic N) is 2. The molecule has 0 amide bonds. The summed E-state index contributed by atoms with van der Waals surface area (Å²) in [5, 5.41) is 2.60. The van der Waals surface area contributed by atoms with E-state index in [1.165, 1.54) is 142 Å². The van der Waals surface area contributed by atoms with E-state index in [9.17, 15) is 0 Å². The molecule has 1 heterocycles. The Balaban J connectivity index is 0.893. The van der Waals surface area contributed by atoms with Crippen molar-refractivity contribution in [2.24, 2.45) is 29.6 Å². The van der Waals surface area contributed by atoms with E-state index in [-0.39, 0.29) is 5.41 Å². The molecule has 0 radical (unpaired) electrons. The van der Waals surface area contributed by atoms with E-state index >= 15 is 0 Å². The van der Waals surface area contributed by atoms with Crippen LogP contribution >= 0.6 is 0 Å². The predicted octanol–water partition coefficient (Wildman–Crippen LogP) is 16.6. The molecule has 2 heteroatoms. The molecule has 3 unspecified atom stereocenters. The minimum Gasteiger partial charge on any atom is -0.310 e. The monoisotopic (exact) mass is 830 g/mol. The first-order valence-corrected chi connectivity index (χ1v) is 24.7. The average Bonchev–Trinajstić information content (AvgIpc) is 4.09. The van der Waals surface area contributed by atoms with Gasteiger partial charge in [0, 0.05) is 38.9 Å². The number of benzene rings is 7. The van der Waals surface area contributed by atoms with Crippen LogP contribution in [0.1, 0.15) is 106 Å². The first-order valence-electron chi connectivity index (χ1n) is 24.7. The summed E-state index contributed by atoms with van der Waals surface area (Å²) >= 11 is 0. The molecule has 7 aromatic carbocycles. The molecule has 0 N–H and O–H groups in total. The van der Waals surface area contributed by atoms with Crippen LogP contribution in [-0.4, -0.2) is 4.57 Å². The van der Waals surface area contributed by atoms with E-state index in [0.717, 1.165) is 35.5 Å². The van der Waals surface area contributed by atoms with Gasteiger partial charge in [0.1, 0.15) is 0 Å². The van der Waals surface area contributed by atoms with Crippen LogP contribution in [-0.2, 0) is 10.8 Å². The molecule has 8 aromatic rings. The van der Waals surface area contributed by atoms with Gasteiger partial charge in [-0.25, -0.2) is 0 Å². The third kappa shape index (κ3) is 5.63. The second kappa shape index (κ2) is 13.8. The Morgan fingerprint density at radius 1 is 0.484 bits per heavy atom. The van der Waals surface area contributed by atoms with Gasteiger partial charge in [0.2, 0.25) is 0 Å².